The van der Waals surface area contributed by atoms with E-state index in [1.165, 1.54) is 6.92 Å². The van der Waals surface area contributed by atoms with E-state index in [4.69, 9.17) is 4.74 Å². The third-order valence-corrected chi connectivity index (χ3v) is 2.46. The molecule has 92 valence electrons. The van der Waals surface area contributed by atoms with Gasteiger partial charge in [-0.1, -0.05) is 30.3 Å². The Hall–Kier alpha value is -1.84. The summed E-state index contributed by atoms with van der Waals surface area (Å²) in [5, 5.41) is 2.64. The molecule has 0 heterocycles. The summed E-state index contributed by atoms with van der Waals surface area (Å²) in [7, 11) is 0. The van der Waals surface area contributed by atoms with E-state index in [1.807, 2.05) is 18.2 Å². The molecular weight excluding hydrogens is 218 g/mol. The maximum atomic E-state index is 12.0. The van der Waals surface area contributed by atoms with Crippen LogP contribution in [0.15, 0.2) is 30.3 Å². The quantitative estimate of drug-likeness (QED) is 0.806. The summed E-state index contributed by atoms with van der Waals surface area (Å²) in [6, 6.07) is 9.05. The van der Waals surface area contributed by atoms with Gasteiger partial charge in [-0.05, 0) is 19.4 Å². The first-order valence-corrected chi connectivity index (χ1v) is 5.52. The van der Waals surface area contributed by atoms with Crippen molar-refractivity contribution < 1.29 is 14.3 Å². The molecule has 0 aliphatic rings. The Morgan fingerprint density at radius 2 is 1.88 bits per heavy atom. The Morgan fingerprint density at radius 3 is 2.35 bits per heavy atom. The van der Waals surface area contributed by atoms with Crippen LogP contribution in [0.3, 0.4) is 0 Å². The van der Waals surface area contributed by atoms with E-state index in [0.717, 1.165) is 0 Å². The zero-order valence-electron chi connectivity index (χ0n) is 10.3. The number of nitrogens with one attached hydrogen (secondary N) is 1. The second kappa shape index (κ2) is 5.48. The molecule has 0 bridgehead atoms. The van der Waals surface area contributed by atoms with Gasteiger partial charge in [-0.25, -0.2) is 4.79 Å². The van der Waals surface area contributed by atoms with E-state index >= 15 is 0 Å². The summed E-state index contributed by atoms with van der Waals surface area (Å²) < 4.78 is 5.01. The van der Waals surface area contributed by atoms with Crippen LogP contribution in [-0.2, 0) is 19.9 Å². The van der Waals surface area contributed by atoms with Gasteiger partial charge >= 0.3 is 5.97 Å². The summed E-state index contributed by atoms with van der Waals surface area (Å²) >= 11 is 0. The average molecular weight is 235 g/mol. The van der Waals surface area contributed by atoms with Gasteiger partial charge in [0.2, 0.25) is 5.91 Å². The first-order chi connectivity index (χ1) is 8.00. The third kappa shape index (κ3) is 3.06. The molecule has 1 aromatic rings. The maximum Gasteiger partial charge on any atom is 0.336 e. The fourth-order valence-electron chi connectivity index (χ4n) is 1.64. The summed E-state index contributed by atoms with van der Waals surface area (Å²) in [6.07, 6.45) is 0. The van der Waals surface area contributed by atoms with Gasteiger partial charge in [-0.2, -0.15) is 0 Å². The lowest BCUT2D eigenvalue weighted by Crippen LogP contribution is -2.49. The molecule has 0 aliphatic carbocycles. The van der Waals surface area contributed by atoms with Crippen molar-refractivity contribution in [3.8, 4) is 0 Å². The van der Waals surface area contributed by atoms with Crippen molar-refractivity contribution in [1.82, 2.24) is 5.32 Å². The van der Waals surface area contributed by atoms with E-state index in [-0.39, 0.29) is 12.5 Å². The zero-order chi connectivity index (χ0) is 12.9. The molecule has 1 amide bonds. The van der Waals surface area contributed by atoms with Crippen LogP contribution in [0.1, 0.15) is 26.3 Å². The van der Waals surface area contributed by atoms with Crippen LogP contribution in [0.5, 0.6) is 0 Å². The van der Waals surface area contributed by atoms with Crippen LogP contribution in [-0.4, -0.2) is 18.5 Å². The minimum Gasteiger partial charge on any atom is -0.464 e. The molecule has 0 spiro atoms. The van der Waals surface area contributed by atoms with Crippen LogP contribution in [0.25, 0.3) is 0 Å². The number of hydrogen-bond acceptors (Lipinski definition) is 3. The summed E-state index contributed by atoms with van der Waals surface area (Å²) in [5.74, 6) is -0.731. The molecular formula is C13H17NO3. The first kappa shape index (κ1) is 13.2. The zero-order valence-corrected chi connectivity index (χ0v) is 10.3. The Kier molecular flexibility index (Phi) is 4.26. The molecule has 0 saturated carbocycles. The third-order valence-electron chi connectivity index (χ3n) is 2.46. The number of rotatable bonds is 4. The lowest BCUT2D eigenvalue weighted by molar-refractivity contribution is -0.152. The highest BCUT2D eigenvalue weighted by Crippen LogP contribution is 2.22. The number of esters is 1. The molecule has 0 fully saturated rings. The molecule has 1 aromatic carbocycles. The molecule has 0 radical (unpaired) electrons. The van der Waals surface area contributed by atoms with Crippen molar-refractivity contribution in [3.63, 3.8) is 0 Å². The second-order valence-electron chi connectivity index (χ2n) is 3.89. The number of carbonyl (C=O) groups excluding carboxylic acids is 2. The predicted octanol–water partition coefficient (Wildman–Crippen LogP) is 1.60. The summed E-state index contributed by atoms with van der Waals surface area (Å²) in [4.78, 5) is 23.2. The Morgan fingerprint density at radius 1 is 1.29 bits per heavy atom. The molecule has 0 aromatic heterocycles. The highest BCUT2D eigenvalue weighted by Gasteiger charge is 2.37. The molecule has 4 nitrogen and oxygen atoms in total. The van der Waals surface area contributed by atoms with Gasteiger partial charge in [-0.15, -0.1) is 0 Å². The number of benzene rings is 1. The van der Waals surface area contributed by atoms with Crippen molar-refractivity contribution in [3.05, 3.63) is 35.9 Å². The normalized spacial score (nSPS) is 13.6. The van der Waals surface area contributed by atoms with Crippen LogP contribution >= 0.6 is 0 Å². The summed E-state index contributed by atoms with van der Waals surface area (Å²) in [6.45, 7) is 5.03. The Bertz CT molecular complexity index is 402. The summed E-state index contributed by atoms with van der Waals surface area (Å²) in [5.41, 5.74) is -0.433. The second-order valence-corrected chi connectivity index (χ2v) is 3.89. The van der Waals surface area contributed by atoms with Gasteiger partial charge in [0.15, 0.2) is 5.54 Å². The van der Waals surface area contributed by atoms with E-state index in [0.29, 0.717) is 5.56 Å². The van der Waals surface area contributed by atoms with E-state index < -0.39 is 11.5 Å². The molecule has 17 heavy (non-hydrogen) atoms. The fourth-order valence-corrected chi connectivity index (χ4v) is 1.64. The maximum absolute atomic E-state index is 12.0. The van der Waals surface area contributed by atoms with E-state index in [9.17, 15) is 9.59 Å². The van der Waals surface area contributed by atoms with E-state index in [2.05, 4.69) is 5.32 Å². The van der Waals surface area contributed by atoms with E-state index in [1.54, 1.807) is 26.0 Å². The number of carbonyl (C=O) groups is 2. The largest absolute Gasteiger partial charge is 0.464 e. The molecule has 0 saturated heterocycles. The minimum atomic E-state index is -1.14. The average Bonchev–Trinajstić information content (AvgIpc) is 2.29. The van der Waals surface area contributed by atoms with Gasteiger partial charge in [0.25, 0.3) is 0 Å². The van der Waals surface area contributed by atoms with Crippen molar-refractivity contribution in [2.75, 3.05) is 6.61 Å². The molecule has 1 unspecified atom stereocenters. The Balaban J connectivity index is 3.10. The van der Waals surface area contributed by atoms with Crippen molar-refractivity contribution in [2.24, 2.45) is 0 Å². The first-order valence-electron chi connectivity index (χ1n) is 5.52. The predicted molar refractivity (Wildman–Crippen MR) is 64.2 cm³/mol. The lowest BCUT2D eigenvalue weighted by atomic mass is 9.92. The monoisotopic (exact) mass is 235 g/mol. The van der Waals surface area contributed by atoms with Crippen LogP contribution in [0, 0.1) is 0 Å². The number of ether oxygens (including phenoxy) is 1. The van der Waals surface area contributed by atoms with Crippen LogP contribution in [0.2, 0.25) is 0 Å². The standard InChI is InChI=1S/C13H17NO3/c1-4-17-12(16)13(3,14-10(2)15)11-8-6-5-7-9-11/h5-9H,4H2,1-3H3,(H,14,15). The van der Waals surface area contributed by atoms with Gasteiger partial charge in [0, 0.05) is 6.92 Å². The molecule has 4 heteroatoms. The van der Waals surface area contributed by atoms with Crippen LogP contribution < -0.4 is 5.32 Å². The molecule has 1 N–H and O–H groups in total. The minimum absolute atomic E-state index is 0.274. The smallest absolute Gasteiger partial charge is 0.336 e. The van der Waals surface area contributed by atoms with Gasteiger partial charge < -0.3 is 10.1 Å². The van der Waals surface area contributed by atoms with Crippen molar-refractivity contribution in [1.29, 1.82) is 0 Å². The van der Waals surface area contributed by atoms with Crippen molar-refractivity contribution in [2.45, 2.75) is 26.3 Å². The molecule has 1 rings (SSSR count). The Labute approximate surface area is 101 Å². The van der Waals surface area contributed by atoms with Gasteiger partial charge in [-0.3, -0.25) is 4.79 Å². The number of hydrogen-bond donors (Lipinski definition) is 1. The SMILES string of the molecule is CCOC(=O)C(C)(NC(C)=O)c1ccccc1. The van der Waals surface area contributed by atoms with Crippen molar-refractivity contribution >= 4 is 11.9 Å². The molecule has 0 aliphatic heterocycles. The molecule has 1 atom stereocenters. The van der Waals surface area contributed by atoms with Gasteiger partial charge in [0.05, 0.1) is 6.61 Å². The highest BCUT2D eigenvalue weighted by molar-refractivity contribution is 5.88. The van der Waals surface area contributed by atoms with Crippen LogP contribution in [0.4, 0.5) is 0 Å². The number of amides is 1. The highest BCUT2D eigenvalue weighted by atomic mass is 16.5. The lowest BCUT2D eigenvalue weighted by Gasteiger charge is -2.28. The topological polar surface area (TPSA) is 55.4 Å². The fraction of sp³-hybridized carbons (Fsp3) is 0.385. The van der Waals surface area contributed by atoms with Gasteiger partial charge in [0.1, 0.15) is 0 Å².